The molecule has 7 heteroatoms. The number of nitrogens with one attached hydrogen (secondary N) is 1. The number of carbonyl (C=O) groups is 1. The van der Waals surface area contributed by atoms with Crippen LogP contribution in [0.15, 0.2) is 24.4 Å². The van der Waals surface area contributed by atoms with Crippen LogP contribution in [0.25, 0.3) is 11.5 Å². The van der Waals surface area contributed by atoms with Crippen LogP contribution in [0, 0.1) is 0 Å². The van der Waals surface area contributed by atoms with Crippen molar-refractivity contribution in [1.29, 1.82) is 0 Å². The Kier molecular flexibility index (Phi) is 6.01. The van der Waals surface area contributed by atoms with Crippen molar-refractivity contribution in [2.75, 3.05) is 32.5 Å². The predicted molar refractivity (Wildman–Crippen MR) is 106 cm³/mol. The van der Waals surface area contributed by atoms with Gasteiger partial charge in [0.15, 0.2) is 5.82 Å². The van der Waals surface area contributed by atoms with Gasteiger partial charge in [0, 0.05) is 37.8 Å². The first-order chi connectivity index (χ1) is 13.0. The van der Waals surface area contributed by atoms with Crippen molar-refractivity contribution in [1.82, 2.24) is 24.8 Å². The number of hydrogen-bond acceptors (Lipinski definition) is 6. The number of fused-ring (bicyclic) bond motifs is 1. The van der Waals surface area contributed by atoms with Crippen molar-refractivity contribution in [2.45, 2.75) is 39.3 Å². The molecule has 1 aliphatic rings. The first kappa shape index (κ1) is 19.2. The fourth-order valence-corrected chi connectivity index (χ4v) is 3.34. The maximum atomic E-state index is 11.8. The molecule has 27 heavy (non-hydrogen) atoms. The molecule has 1 atom stereocenters. The Balaban J connectivity index is 2.00. The highest BCUT2D eigenvalue weighted by Crippen LogP contribution is 2.27. The molecule has 0 radical (unpaired) electrons. The van der Waals surface area contributed by atoms with E-state index in [9.17, 15) is 4.79 Å². The van der Waals surface area contributed by atoms with E-state index in [2.05, 4.69) is 36.2 Å². The molecule has 1 amide bonds. The van der Waals surface area contributed by atoms with Gasteiger partial charge in [0.2, 0.25) is 5.91 Å². The third kappa shape index (κ3) is 4.60. The first-order valence-electron chi connectivity index (χ1n) is 9.46. The van der Waals surface area contributed by atoms with E-state index in [0.29, 0.717) is 25.0 Å². The number of rotatable bonds is 6. The average Bonchev–Trinajstić information content (AvgIpc) is 2.67. The van der Waals surface area contributed by atoms with Gasteiger partial charge in [-0.3, -0.25) is 9.78 Å². The van der Waals surface area contributed by atoms with Gasteiger partial charge in [0.1, 0.15) is 11.5 Å². The van der Waals surface area contributed by atoms with Crippen molar-refractivity contribution in [2.24, 2.45) is 0 Å². The summed E-state index contributed by atoms with van der Waals surface area (Å²) in [4.78, 5) is 29.8. The lowest BCUT2D eigenvalue weighted by Gasteiger charge is -2.30. The van der Waals surface area contributed by atoms with Crippen molar-refractivity contribution in [3.05, 3.63) is 35.7 Å². The Morgan fingerprint density at radius 1 is 1.33 bits per heavy atom. The Bertz CT molecular complexity index is 793. The summed E-state index contributed by atoms with van der Waals surface area (Å²) in [5.74, 6) is 1.55. The quantitative estimate of drug-likeness (QED) is 0.843. The highest BCUT2D eigenvalue weighted by Gasteiger charge is 2.25. The van der Waals surface area contributed by atoms with E-state index in [-0.39, 0.29) is 5.91 Å². The average molecular weight is 368 g/mol. The first-order valence-corrected chi connectivity index (χ1v) is 9.46. The standard InChI is InChI=1S/C20H28N6O/c1-5-15(12-25(3)4)22-19-16-9-11-26(14(2)27)13-18(16)23-20(24-19)17-8-6-7-10-21-17/h6-8,10,15H,5,9,11-13H2,1-4H3,(H,22,23,24). The maximum absolute atomic E-state index is 11.8. The highest BCUT2D eigenvalue weighted by atomic mass is 16.2. The summed E-state index contributed by atoms with van der Waals surface area (Å²) in [5.41, 5.74) is 2.77. The third-order valence-electron chi connectivity index (χ3n) is 4.82. The number of anilines is 1. The van der Waals surface area contributed by atoms with Crippen molar-refractivity contribution in [3.8, 4) is 11.5 Å². The van der Waals surface area contributed by atoms with Gasteiger partial charge >= 0.3 is 0 Å². The fraction of sp³-hybridized carbons (Fsp3) is 0.500. The largest absolute Gasteiger partial charge is 0.366 e. The molecule has 2 aromatic heterocycles. The molecule has 0 bridgehead atoms. The topological polar surface area (TPSA) is 74.2 Å². The Hall–Kier alpha value is -2.54. The van der Waals surface area contributed by atoms with Crippen LogP contribution in [0.4, 0.5) is 5.82 Å². The predicted octanol–water partition coefficient (Wildman–Crippen LogP) is 2.20. The van der Waals surface area contributed by atoms with Crippen LogP contribution in [0.2, 0.25) is 0 Å². The number of aromatic nitrogens is 3. The molecule has 0 aromatic carbocycles. The molecule has 0 saturated heterocycles. The number of carbonyl (C=O) groups excluding carboxylic acids is 1. The number of nitrogens with zero attached hydrogens (tertiary/aromatic N) is 5. The minimum absolute atomic E-state index is 0.0761. The molecule has 3 heterocycles. The van der Waals surface area contributed by atoms with Gasteiger partial charge in [0.05, 0.1) is 12.2 Å². The van der Waals surface area contributed by atoms with E-state index in [1.54, 1.807) is 13.1 Å². The molecule has 1 N–H and O–H groups in total. The summed E-state index contributed by atoms with van der Waals surface area (Å²) in [6.07, 6.45) is 3.50. The SMILES string of the molecule is CCC(CN(C)C)Nc1nc(-c2ccccn2)nc2c1CCN(C(C)=O)C2. The molecular weight excluding hydrogens is 340 g/mol. The second-order valence-corrected chi connectivity index (χ2v) is 7.24. The van der Waals surface area contributed by atoms with Gasteiger partial charge in [-0.05, 0) is 39.1 Å². The van der Waals surface area contributed by atoms with E-state index < -0.39 is 0 Å². The van der Waals surface area contributed by atoms with Crippen LogP contribution >= 0.6 is 0 Å². The second-order valence-electron chi connectivity index (χ2n) is 7.24. The molecule has 0 fully saturated rings. The molecule has 0 spiro atoms. The van der Waals surface area contributed by atoms with Crippen molar-refractivity contribution in [3.63, 3.8) is 0 Å². The maximum Gasteiger partial charge on any atom is 0.219 e. The van der Waals surface area contributed by atoms with Crippen molar-refractivity contribution < 1.29 is 4.79 Å². The van der Waals surface area contributed by atoms with Gasteiger partial charge in [-0.2, -0.15) is 0 Å². The van der Waals surface area contributed by atoms with Crippen LogP contribution in [-0.2, 0) is 17.8 Å². The van der Waals surface area contributed by atoms with Gasteiger partial charge in [-0.15, -0.1) is 0 Å². The Labute approximate surface area is 160 Å². The zero-order valence-corrected chi connectivity index (χ0v) is 16.6. The van der Waals surface area contributed by atoms with E-state index in [0.717, 1.165) is 42.2 Å². The van der Waals surface area contributed by atoms with E-state index in [4.69, 9.17) is 9.97 Å². The van der Waals surface area contributed by atoms with E-state index >= 15 is 0 Å². The summed E-state index contributed by atoms with van der Waals surface area (Å²) in [6, 6.07) is 6.01. The minimum atomic E-state index is 0.0761. The molecular formula is C20H28N6O. The monoisotopic (exact) mass is 368 g/mol. The fourth-order valence-electron chi connectivity index (χ4n) is 3.34. The molecule has 2 aromatic rings. The van der Waals surface area contributed by atoms with Crippen LogP contribution in [0.3, 0.4) is 0 Å². The smallest absolute Gasteiger partial charge is 0.219 e. The minimum Gasteiger partial charge on any atom is -0.366 e. The van der Waals surface area contributed by atoms with Gasteiger partial charge in [0.25, 0.3) is 0 Å². The van der Waals surface area contributed by atoms with E-state index in [1.807, 2.05) is 23.1 Å². The summed E-state index contributed by atoms with van der Waals surface area (Å²) in [6.45, 7) is 5.93. The third-order valence-corrected chi connectivity index (χ3v) is 4.82. The lowest BCUT2D eigenvalue weighted by Crippen LogP contribution is -2.37. The molecule has 1 aliphatic heterocycles. The molecule has 7 nitrogen and oxygen atoms in total. The Morgan fingerprint density at radius 3 is 2.78 bits per heavy atom. The highest BCUT2D eigenvalue weighted by molar-refractivity contribution is 5.74. The van der Waals surface area contributed by atoms with Gasteiger partial charge in [-0.25, -0.2) is 9.97 Å². The summed E-state index contributed by atoms with van der Waals surface area (Å²) < 4.78 is 0. The van der Waals surface area contributed by atoms with Crippen LogP contribution < -0.4 is 5.32 Å². The zero-order chi connectivity index (χ0) is 19.4. The lowest BCUT2D eigenvalue weighted by atomic mass is 10.0. The number of hydrogen-bond donors (Lipinski definition) is 1. The molecule has 144 valence electrons. The molecule has 0 aliphatic carbocycles. The van der Waals surface area contributed by atoms with Gasteiger partial charge < -0.3 is 15.1 Å². The second kappa shape index (κ2) is 8.43. The van der Waals surface area contributed by atoms with Crippen molar-refractivity contribution >= 4 is 11.7 Å². The van der Waals surface area contributed by atoms with Gasteiger partial charge in [-0.1, -0.05) is 13.0 Å². The lowest BCUT2D eigenvalue weighted by molar-refractivity contribution is -0.129. The number of pyridine rings is 1. The molecule has 3 rings (SSSR count). The Morgan fingerprint density at radius 2 is 2.15 bits per heavy atom. The zero-order valence-electron chi connectivity index (χ0n) is 16.6. The number of likely N-dealkylation sites (N-methyl/N-ethyl adjacent to an activating group) is 1. The molecule has 0 saturated carbocycles. The van der Waals surface area contributed by atoms with E-state index in [1.165, 1.54) is 0 Å². The summed E-state index contributed by atoms with van der Waals surface area (Å²) in [5, 5.41) is 3.62. The van der Waals surface area contributed by atoms with Crippen LogP contribution in [0.1, 0.15) is 31.5 Å². The summed E-state index contributed by atoms with van der Waals surface area (Å²) >= 11 is 0. The number of amides is 1. The normalized spacial score (nSPS) is 14.8. The van der Waals surface area contributed by atoms with Crippen LogP contribution in [-0.4, -0.2) is 63.9 Å². The molecule has 1 unspecified atom stereocenters. The van der Waals surface area contributed by atoms with Crippen LogP contribution in [0.5, 0.6) is 0 Å². The summed E-state index contributed by atoms with van der Waals surface area (Å²) in [7, 11) is 4.15.